The van der Waals surface area contributed by atoms with Crippen LogP contribution in [0.3, 0.4) is 0 Å². The Hall–Kier alpha value is -0.411. The van der Waals surface area contributed by atoms with Crippen molar-refractivity contribution in [1.29, 1.82) is 0 Å². The third-order valence-corrected chi connectivity index (χ3v) is 4.35. The Balaban J connectivity index is 0.000000963. The molecule has 16 heavy (non-hydrogen) atoms. The average molecular weight is 423 g/mol. The third-order valence-electron chi connectivity index (χ3n) is 2.35. The Morgan fingerprint density at radius 1 is 1.31 bits per heavy atom. The molecule has 0 saturated carbocycles. The van der Waals surface area contributed by atoms with Crippen molar-refractivity contribution in [1.82, 2.24) is 4.98 Å². The second kappa shape index (κ2) is 4.84. The largest absolute Gasteiger partial charge is 0.280 e. The van der Waals surface area contributed by atoms with Gasteiger partial charge in [0.15, 0.2) is 0 Å². The molecule has 0 bridgehead atoms. The Bertz CT molecular complexity index is 633. The fourth-order valence-electron chi connectivity index (χ4n) is 1.65. The number of benzene rings is 2. The van der Waals surface area contributed by atoms with Crippen LogP contribution in [0, 0.1) is 6.07 Å². The van der Waals surface area contributed by atoms with Gasteiger partial charge in [-0.1, -0.05) is 23.9 Å². The van der Waals surface area contributed by atoms with Crippen molar-refractivity contribution in [2.45, 2.75) is 4.34 Å². The second-order valence-electron chi connectivity index (χ2n) is 3.23. The van der Waals surface area contributed by atoms with Gasteiger partial charge in [0.1, 0.15) is 4.34 Å². The fraction of sp³-hybridized carbons (Fsp3) is 0.0833. The van der Waals surface area contributed by atoms with Gasteiger partial charge in [-0.05, 0) is 6.26 Å². The molecule has 3 aromatic rings. The maximum absolute atomic E-state index is 4.61. The molecule has 83 valence electrons. The molecule has 0 unspecified atom stereocenters. The van der Waals surface area contributed by atoms with E-state index in [1.54, 1.807) is 23.1 Å². The number of rotatable bonds is 1. The van der Waals surface area contributed by atoms with E-state index in [0.29, 0.717) is 0 Å². The summed E-state index contributed by atoms with van der Waals surface area (Å²) in [5, 5.41) is 2.34. The first kappa shape index (κ1) is 12.1. The van der Waals surface area contributed by atoms with Crippen LogP contribution >= 0.6 is 23.1 Å². The normalized spacial score (nSPS) is 10.6. The van der Waals surface area contributed by atoms with Gasteiger partial charge in [-0.25, -0.2) is 0 Å². The Morgan fingerprint density at radius 3 is 3.00 bits per heavy atom. The van der Waals surface area contributed by atoms with Crippen LogP contribution in [0.25, 0.3) is 21.0 Å². The number of thioether (sulfide) groups is 1. The zero-order valence-electron chi connectivity index (χ0n) is 8.48. The van der Waals surface area contributed by atoms with Gasteiger partial charge in [0.2, 0.25) is 0 Å². The molecule has 0 atom stereocenters. The number of fused-ring (bicyclic) bond motifs is 3. The summed E-state index contributed by atoms with van der Waals surface area (Å²) >= 11 is 3.44. The number of aromatic nitrogens is 1. The maximum Gasteiger partial charge on any atom is 0.140 e. The van der Waals surface area contributed by atoms with Crippen LogP contribution in [0.5, 0.6) is 0 Å². The number of hydrogen-bond acceptors (Lipinski definition) is 3. The van der Waals surface area contributed by atoms with Crippen LogP contribution < -0.4 is 0 Å². The SMILES string of the molecule is CSc1nc2c(ccc3ccc[c-]c32)s1.[Ir]. The number of thiazole rings is 1. The van der Waals surface area contributed by atoms with Gasteiger partial charge in [-0.15, -0.1) is 46.4 Å². The van der Waals surface area contributed by atoms with Gasteiger partial charge < -0.3 is 0 Å². The maximum atomic E-state index is 4.61. The quantitative estimate of drug-likeness (QED) is 0.435. The first-order valence-electron chi connectivity index (χ1n) is 4.62. The van der Waals surface area contributed by atoms with Crippen molar-refractivity contribution in [2.75, 3.05) is 6.26 Å². The molecule has 0 saturated heterocycles. The van der Waals surface area contributed by atoms with Crippen LogP contribution in [-0.2, 0) is 20.1 Å². The van der Waals surface area contributed by atoms with E-state index < -0.39 is 0 Å². The summed E-state index contributed by atoms with van der Waals surface area (Å²) in [5.74, 6) is 0. The van der Waals surface area contributed by atoms with Crippen LogP contribution in [0.1, 0.15) is 0 Å². The summed E-state index contributed by atoms with van der Waals surface area (Å²) in [6, 6.07) is 13.6. The predicted octanol–water partition coefficient (Wildman–Crippen LogP) is 3.97. The Kier molecular flexibility index (Phi) is 3.65. The van der Waals surface area contributed by atoms with E-state index in [2.05, 4.69) is 35.5 Å². The summed E-state index contributed by atoms with van der Waals surface area (Å²) in [7, 11) is 0. The molecule has 0 spiro atoms. The van der Waals surface area contributed by atoms with Crippen LogP contribution in [0.2, 0.25) is 0 Å². The summed E-state index contributed by atoms with van der Waals surface area (Å²) in [6.07, 6.45) is 2.06. The molecule has 1 aromatic heterocycles. The summed E-state index contributed by atoms with van der Waals surface area (Å²) in [5.41, 5.74) is 1.09. The van der Waals surface area contributed by atoms with Crippen molar-refractivity contribution in [3.8, 4) is 0 Å². The minimum Gasteiger partial charge on any atom is -0.280 e. The van der Waals surface area contributed by atoms with Gasteiger partial charge in [-0.2, -0.15) is 0 Å². The van der Waals surface area contributed by atoms with E-state index in [1.807, 2.05) is 12.1 Å². The predicted molar refractivity (Wildman–Crippen MR) is 67.7 cm³/mol. The molecule has 0 amide bonds. The first-order valence-corrected chi connectivity index (χ1v) is 6.66. The zero-order valence-corrected chi connectivity index (χ0v) is 12.5. The van der Waals surface area contributed by atoms with E-state index >= 15 is 0 Å². The van der Waals surface area contributed by atoms with Gasteiger partial charge in [0.25, 0.3) is 0 Å². The second-order valence-corrected chi connectivity index (χ2v) is 5.31. The standard InChI is InChI=1S/C12H8NS2.Ir/c1-14-12-13-11-9-5-3-2-4-8(9)6-7-10(11)15-12;/h2-4,6-7H,1H3;/q-1;. The molecule has 0 N–H and O–H groups in total. The van der Waals surface area contributed by atoms with Crippen LogP contribution in [0.15, 0.2) is 34.7 Å². The molecular formula is C12H8IrNS2-. The molecule has 0 fully saturated rings. The average Bonchev–Trinajstić information content (AvgIpc) is 2.72. The van der Waals surface area contributed by atoms with Crippen molar-refractivity contribution >= 4 is 44.1 Å². The summed E-state index contributed by atoms with van der Waals surface area (Å²) in [6.45, 7) is 0. The Morgan fingerprint density at radius 2 is 2.19 bits per heavy atom. The van der Waals surface area contributed by atoms with E-state index in [0.717, 1.165) is 15.2 Å². The molecule has 3 rings (SSSR count). The molecule has 0 aliphatic heterocycles. The molecule has 1 radical (unpaired) electrons. The van der Waals surface area contributed by atoms with Gasteiger partial charge >= 0.3 is 0 Å². The number of nitrogens with zero attached hydrogens (tertiary/aromatic N) is 1. The van der Waals surface area contributed by atoms with Crippen molar-refractivity contribution in [3.05, 3.63) is 36.4 Å². The van der Waals surface area contributed by atoms with Gasteiger partial charge in [-0.3, -0.25) is 4.98 Å². The van der Waals surface area contributed by atoms with Crippen LogP contribution in [-0.4, -0.2) is 11.2 Å². The zero-order chi connectivity index (χ0) is 10.3. The van der Waals surface area contributed by atoms with Crippen LogP contribution in [0.4, 0.5) is 0 Å². The Labute approximate surface area is 116 Å². The van der Waals surface area contributed by atoms with Crippen molar-refractivity contribution in [3.63, 3.8) is 0 Å². The smallest absolute Gasteiger partial charge is 0.140 e. The molecule has 1 heterocycles. The molecule has 1 nitrogen and oxygen atoms in total. The molecular weight excluding hydrogens is 414 g/mol. The van der Waals surface area contributed by atoms with Gasteiger partial charge in [0.05, 0.1) is 0 Å². The van der Waals surface area contributed by atoms with Gasteiger partial charge in [0, 0.05) is 30.3 Å². The van der Waals surface area contributed by atoms with E-state index in [-0.39, 0.29) is 20.1 Å². The minimum atomic E-state index is 0. The minimum absolute atomic E-state index is 0. The van der Waals surface area contributed by atoms with E-state index in [4.69, 9.17) is 0 Å². The topological polar surface area (TPSA) is 12.9 Å². The van der Waals surface area contributed by atoms with Crippen molar-refractivity contribution < 1.29 is 20.1 Å². The van der Waals surface area contributed by atoms with Crippen molar-refractivity contribution in [2.24, 2.45) is 0 Å². The first-order chi connectivity index (χ1) is 7.38. The van der Waals surface area contributed by atoms with E-state index in [1.165, 1.54) is 10.1 Å². The molecule has 0 aliphatic carbocycles. The third kappa shape index (κ3) is 1.91. The van der Waals surface area contributed by atoms with E-state index in [9.17, 15) is 0 Å². The number of hydrogen-bond donors (Lipinski definition) is 0. The summed E-state index contributed by atoms with van der Waals surface area (Å²) in [4.78, 5) is 4.61. The molecule has 2 aromatic carbocycles. The summed E-state index contributed by atoms with van der Waals surface area (Å²) < 4.78 is 2.36. The monoisotopic (exact) mass is 423 g/mol. The molecule has 0 aliphatic rings. The fourth-order valence-corrected chi connectivity index (χ4v) is 3.14. The molecule has 4 heteroatoms.